The summed E-state index contributed by atoms with van der Waals surface area (Å²) in [5.74, 6) is -0.143. The van der Waals surface area contributed by atoms with Crippen LogP contribution in [0.2, 0.25) is 5.02 Å². The number of esters is 2. The minimum Gasteiger partial charge on any atom is -0.463 e. The predicted octanol–water partition coefficient (Wildman–Crippen LogP) is 5.63. The molecule has 0 saturated carbocycles. The molecule has 25 heavy (non-hydrogen) atoms. The first kappa shape index (κ1) is 21.5. The van der Waals surface area contributed by atoms with Gasteiger partial charge in [0.05, 0.1) is 6.10 Å². The van der Waals surface area contributed by atoms with Crippen molar-refractivity contribution in [1.29, 1.82) is 0 Å². The number of benzene rings is 1. The van der Waals surface area contributed by atoms with Crippen molar-refractivity contribution in [3.63, 3.8) is 0 Å². The van der Waals surface area contributed by atoms with E-state index in [1.165, 1.54) is 19.3 Å². The molecule has 0 bridgehead atoms. The molecule has 5 heteroatoms. The fourth-order valence-corrected chi connectivity index (χ4v) is 2.56. The highest BCUT2D eigenvalue weighted by molar-refractivity contribution is 6.31. The van der Waals surface area contributed by atoms with E-state index in [1.807, 2.05) is 13.8 Å². The van der Waals surface area contributed by atoms with Crippen molar-refractivity contribution in [2.24, 2.45) is 0 Å². The normalized spacial score (nSPS) is 11.8. The molecule has 140 valence electrons. The summed E-state index contributed by atoms with van der Waals surface area (Å²) in [5.41, 5.74) is 0.850. The van der Waals surface area contributed by atoms with Crippen LogP contribution in [0.3, 0.4) is 0 Å². The SMILES string of the molecule is CCCCCCC(C)OC(=O)CCCC(=O)Oc1ccc(Cl)c(C)c1. The molecule has 0 aliphatic carbocycles. The van der Waals surface area contributed by atoms with Crippen molar-refractivity contribution >= 4 is 23.5 Å². The molecule has 0 saturated heterocycles. The first-order valence-electron chi connectivity index (χ1n) is 9.08. The van der Waals surface area contributed by atoms with Crippen molar-refractivity contribution in [2.75, 3.05) is 0 Å². The van der Waals surface area contributed by atoms with Gasteiger partial charge < -0.3 is 9.47 Å². The van der Waals surface area contributed by atoms with E-state index in [4.69, 9.17) is 21.1 Å². The van der Waals surface area contributed by atoms with E-state index in [1.54, 1.807) is 18.2 Å². The molecule has 1 aromatic carbocycles. The van der Waals surface area contributed by atoms with Gasteiger partial charge in [-0.25, -0.2) is 0 Å². The molecular formula is C20H29ClO4. The highest BCUT2D eigenvalue weighted by Crippen LogP contribution is 2.21. The van der Waals surface area contributed by atoms with Crippen LogP contribution in [0.4, 0.5) is 0 Å². The molecule has 1 unspecified atom stereocenters. The summed E-state index contributed by atoms with van der Waals surface area (Å²) in [4.78, 5) is 23.6. The summed E-state index contributed by atoms with van der Waals surface area (Å²) < 4.78 is 10.6. The van der Waals surface area contributed by atoms with E-state index in [2.05, 4.69) is 6.92 Å². The fraction of sp³-hybridized carbons (Fsp3) is 0.600. The number of unbranched alkanes of at least 4 members (excludes halogenated alkanes) is 3. The third-order valence-electron chi connectivity index (χ3n) is 3.92. The Morgan fingerprint density at radius 3 is 2.48 bits per heavy atom. The maximum absolute atomic E-state index is 11.8. The summed E-state index contributed by atoms with van der Waals surface area (Å²) in [6, 6.07) is 5.06. The molecule has 0 radical (unpaired) electrons. The van der Waals surface area contributed by atoms with Crippen molar-refractivity contribution < 1.29 is 19.1 Å². The maximum Gasteiger partial charge on any atom is 0.311 e. The van der Waals surface area contributed by atoms with Crippen LogP contribution in [-0.4, -0.2) is 18.0 Å². The number of rotatable bonds is 11. The van der Waals surface area contributed by atoms with Gasteiger partial charge in [-0.05, 0) is 56.9 Å². The highest BCUT2D eigenvalue weighted by atomic mass is 35.5. The zero-order valence-corrected chi connectivity index (χ0v) is 16.2. The smallest absolute Gasteiger partial charge is 0.311 e. The molecule has 0 fully saturated rings. The Morgan fingerprint density at radius 1 is 1.08 bits per heavy atom. The van der Waals surface area contributed by atoms with Gasteiger partial charge in [-0.1, -0.05) is 37.8 Å². The van der Waals surface area contributed by atoms with Crippen molar-refractivity contribution in [3.05, 3.63) is 28.8 Å². The molecular weight excluding hydrogens is 340 g/mol. The first-order chi connectivity index (χ1) is 11.9. The zero-order valence-electron chi connectivity index (χ0n) is 15.5. The number of halogens is 1. The molecule has 1 aromatic rings. The average molecular weight is 369 g/mol. The fourth-order valence-electron chi connectivity index (χ4n) is 2.44. The van der Waals surface area contributed by atoms with Gasteiger partial charge in [0, 0.05) is 17.9 Å². The number of hydrogen-bond acceptors (Lipinski definition) is 4. The summed E-state index contributed by atoms with van der Waals surface area (Å²) in [6.07, 6.45) is 6.33. The van der Waals surface area contributed by atoms with E-state index in [0.29, 0.717) is 17.2 Å². The lowest BCUT2D eigenvalue weighted by atomic mass is 10.1. The second kappa shape index (κ2) is 11.9. The molecule has 0 aliphatic rings. The van der Waals surface area contributed by atoms with Crippen molar-refractivity contribution in [1.82, 2.24) is 0 Å². The standard InChI is InChI=1S/C20H29ClO4/c1-4-5-6-7-9-16(3)24-19(22)10-8-11-20(23)25-17-12-13-18(21)15(2)14-17/h12-14,16H,4-11H2,1-3H3. The van der Waals surface area contributed by atoms with Crippen molar-refractivity contribution in [3.8, 4) is 5.75 Å². The van der Waals surface area contributed by atoms with Gasteiger partial charge in [0.25, 0.3) is 0 Å². The lowest BCUT2D eigenvalue weighted by Gasteiger charge is -2.13. The number of hydrogen-bond donors (Lipinski definition) is 0. The van der Waals surface area contributed by atoms with Crippen LogP contribution in [0.1, 0.15) is 70.8 Å². The molecule has 0 aromatic heterocycles. The van der Waals surface area contributed by atoms with E-state index in [0.717, 1.165) is 18.4 Å². The van der Waals surface area contributed by atoms with E-state index in [-0.39, 0.29) is 30.9 Å². The first-order valence-corrected chi connectivity index (χ1v) is 9.46. The highest BCUT2D eigenvalue weighted by Gasteiger charge is 2.12. The summed E-state index contributed by atoms with van der Waals surface area (Å²) in [5, 5.41) is 0.631. The predicted molar refractivity (Wildman–Crippen MR) is 100.0 cm³/mol. The lowest BCUT2D eigenvalue weighted by Crippen LogP contribution is -2.15. The summed E-state index contributed by atoms with van der Waals surface area (Å²) in [7, 11) is 0. The van der Waals surface area contributed by atoms with Crippen molar-refractivity contribution in [2.45, 2.75) is 78.2 Å². The van der Waals surface area contributed by atoms with E-state index in [9.17, 15) is 9.59 Å². The van der Waals surface area contributed by atoms with Gasteiger partial charge in [-0.2, -0.15) is 0 Å². The number of ether oxygens (including phenoxy) is 2. The number of carbonyl (C=O) groups excluding carboxylic acids is 2. The largest absolute Gasteiger partial charge is 0.463 e. The third-order valence-corrected chi connectivity index (χ3v) is 4.34. The molecule has 4 nitrogen and oxygen atoms in total. The van der Waals surface area contributed by atoms with E-state index >= 15 is 0 Å². The van der Waals surface area contributed by atoms with Gasteiger partial charge in [0.15, 0.2) is 0 Å². The van der Waals surface area contributed by atoms with Gasteiger partial charge >= 0.3 is 11.9 Å². The van der Waals surface area contributed by atoms with E-state index < -0.39 is 0 Å². The quantitative estimate of drug-likeness (QED) is 0.288. The van der Waals surface area contributed by atoms with Crippen LogP contribution >= 0.6 is 11.6 Å². The Hall–Kier alpha value is -1.55. The van der Waals surface area contributed by atoms with Crippen LogP contribution in [0.5, 0.6) is 5.75 Å². The monoisotopic (exact) mass is 368 g/mol. The topological polar surface area (TPSA) is 52.6 Å². The van der Waals surface area contributed by atoms with Crippen LogP contribution in [0.25, 0.3) is 0 Å². The Bertz CT molecular complexity index is 557. The molecule has 1 rings (SSSR count). The molecule has 0 N–H and O–H groups in total. The molecule has 0 amide bonds. The molecule has 0 spiro atoms. The van der Waals surface area contributed by atoms with Crippen LogP contribution < -0.4 is 4.74 Å². The summed E-state index contributed by atoms with van der Waals surface area (Å²) >= 11 is 5.93. The van der Waals surface area contributed by atoms with Crippen LogP contribution in [-0.2, 0) is 14.3 Å². The van der Waals surface area contributed by atoms with Gasteiger partial charge in [-0.3, -0.25) is 9.59 Å². The van der Waals surface area contributed by atoms with Gasteiger partial charge in [0.1, 0.15) is 5.75 Å². The Labute approximate surface area is 155 Å². The zero-order chi connectivity index (χ0) is 18.7. The minimum atomic E-state index is -0.359. The van der Waals surface area contributed by atoms with Crippen LogP contribution in [0, 0.1) is 6.92 Å². The van der Waals surface area contributed by atoms with Crippen LogP contribution in [0.15, 0.2) is 18.2 Å². The second-order valence-corrected chi connectivity index (χ2v) is 6.80. The summed E-state index contributed by atoms with van der Waals surface area (Å²) in [6.45, 7) is 5.93. The van der Waals surface area contributed by atoms with Gasteiger partial charge in [-0.15, -0.1) is 0 Å². The maximum atomic E-state index is 11.8. The minimum absolute atomic E-state index is 0.0617. The molecule has 0 heterocycles. The molecule has 1 atom stereocenters. The molecule has 0 aliphatic heterocycles. The van der Waals surface area contributed by atoms with Gasteiger partial charge in [0.2, 0.25) is 0 Å². The number of aryl methyl sites for hydroxylation is 1. The Kier molecular flexibility index (Phi) is 10.2. The Morgan fingerprint density at radius 2 is 1.80 bits per heavy atom. The second-order valence-electron chi connectivity index (χ2n) is 6.39. The Balaban J connectivity index is 2.19. The average Bonchev–Trinajstić information content (AvgIpc) is 2.55. The lowest BCUT2D eigenvalue weighted by molar-refractivity contribution is -0.148. The number of carbonyl (C=O) groups is 2. The third kappa shape index (κ3) is 9.49.